The minimum Gasteiger partial charge on any atom is -0.381 e. The number of hydrogen-bond acceptors (Lipinski definition) is 3. The Morgan fingerprint density at radius 1 is 1.30 bits per heavy atom. The van der Waals surface area contributed by atoms with Gasteiger partial charge in [-0.1, -0.05) is 17.7 Å². The third-order valence-corrected chi connectivity index (χ3v) is 3.36. The number of benzene rings is 1. The Morgan fingerprint density at radius 2 is 2.05 bits per heavy atom. The van der Waals surface area contributed by atoms with Crippen LogP contribution < -0.4 is 10.6 Å². The number of nitrogens with one attached hydrogen (secondary N) is 2. The summed E-state index contributed by atoms with van der Waals surface area (Å²) in [5, 5.41) is 5.88. The van der Waals surface area contributed by atoms with Gasteiger partial charge < -0.3 is 15.4 Å². The number of carbonyl (C=O) groups excluding carboxylic acids is 2. The Labute approximate surface area is 122 Å². The molecule has 0 aliphatic carbocycles. The fraction of sp³-hybridized carbons (Fsp3) is 0.429. The van der Waals surface area contributed by atoms with Crippen molar-refractivity contribution in [1.29, 1.82) is 0 Å². The predicted molar refractivity (Wildman–Crippen MR) is 76.6 cm³/mol. The summed E-state index contributed by atoms with van der Waals surface area (Å²) in [6.07, 6.45) is 1.42. The highest BCUT2D eigenvalue weighted by molar-refractivity contribution is 6.30. The van der Waals surface area contributed by atoms with E-state index in [0.29, 0.717) is 36.8 Å². The van der Waals surface area contributed by atoms with Crippen molar-refractivity contribution in [3.63, 3.8) is 0 Å². The molecule has 108 valence electrons. The highest BCUT2D eigenvalue weighted by atomic mass is 35.5. The van der Waals surface area contributed by atoms with Gasteiger partial charge in [-0.15, -0.1) is 0 Å². The van der Waals surface area contributed by atoms with E-state index in [9.17, 15) is 9.59 Å². The van der Waals surface area contributed by atoms with E-state index in [1.807, 2.05) is 0 Å². The Kier molecular flexibility index (Phi) is 5.38. The average molecular weight is 297 g/mol. The molecule has 0 spiro atoms. The van der Waals surface area contributed by atoms with Crippen molar-refractivity contribution in [2.24, 2.45) is 5.92 Å². The zero-order valence-electron chi connectivity index (χ0n) is 11.0. The van der Waals surface area contributed by atoms with Crippen molar-refractivity contribution in [1.82, 2.24) is 5.32 Å². The largest absolute Gasteiger partial charge is 0.381 e. The second-order valence-electron chi connectivity index (χ2n) is 4.66. The van der Waals surface area contributed by atoms with Crippen LogP contribution in [0.3, 0.4) is 0 Å². The zero-order valence-corrected chi connectivity index (χ0v) is 11.8. The number of carbonyl (C=O) groups is 2. The van der Waals surface area contributed by atoms with Gasteiger partial charge in [0.25, 0.3) is 0 Å². The lowest BCUT2D eigenvalue weighted by molar-refractivity contribution is -0.129. The van der Waals surface area contributed by atoms with Crippen LogP contribution in [0.4, 0.5) is 5.69 Å². The molecule has 0 bridgehead atoms. The van der Waals surface area contributed by atoms with Crippen molar-refractivity contribution in [2.45, 2.75) is 12.8 Å². The molecule has 1 aromatic carbocycles. The lowest BCUT2D eigenvalue weighted by atomic mass is 9.99. The molecule has 0 atom stereocenters. The molecule has 1 heterocycles. The van der Waals surface area contributed by atoms with Gasteiger partial charge in [-0.3, -0.25) is 9.59 Å². The molecule has 1 aromatic rings. The van der Waals surface area contributed by atoms with E-state index in [0.717, 1.165) is 0 Å². The first-order valence-corrected chi connectivity index (χ1v) is 6.94. The van der Waals surface area contributed by atoms with Gasteiger partial charge in [0.05, 0.1) is 6.54 Å². The van der Waals surface area contributed by atoms with E-state index in [4.69, 9.17) is 16.3 Å². The van der Waals surface area contributed by atoms with Crippen LogP contribution in [-0.4, -0.2) is 31.6 Å². The highest BCUT2D eigenvalue weighted by Gasteiger charge is 2.21. The van der Waals surface area contributed by atoms with Crippen molar-refractivity contribution in [3.8, 4) is 0 Å². The molecule has 2 N–H and O–H groups in total. The predicted octanol–water partition coefficient (Wildman–Crippen LogP) is 1.82. The zero-order chi connectivity index (χ0) is 14.4. The molecule has 0 aromatic heterocycles. The summed E-state index contributed by atoms with van der Waals surface area (Å²) >= 11 is 5.82. The molecule has 20 heavy (non-hydrogen) atoms. The van der Waals surface area contributed by atoms with Crippen LogP contribution in [0.5, 0.6) is 0 Å². The molecular weight excluding hydrogens is 280 g/mol. The molecule has 1 aliphatic heterocycles. The first kappa shape index (κ1) is 14.8. The fourth-order valence-electron chi connectivity index (χ4n) is 2.04. The van der Waals surface area contributed by atoms with E-state index < -0.39 is 0 Å². The van der Waals surface area contributed by atoms with Crippen molar-refractivity contribution in [3.05, 3.63) is 29.3 Å². The van der Waals surface area contributed by atoms with Gasteiger partial charge in [0, 0.05) is 29.8 Å². The third-order valence-electron chi connectivity index (χ3n) is 3.12. The number of halogens is 1. The Bertz CT molecular complexity index is 487. The average Bonchev–Trinajstić information content (AvgIpc) is 2.46. The first-order valence-electron chi connectivity index (χ1n) is 6.56. The molecule has 0 radical (unpaired) electrons. The monoisotopic (exact) mass is 296 g/mol. The first-order chi connectivity index (χ1) is 9.65. The molecule has 2 rings (SSSR count). The normalized spacial score (nSPS) is 15.7. The lowest BCUT2D eigenvalue weighted by Crippen LogP contribution is -2.38. The van der Waals surface area contributed by atoms with Crippen LogP contribution in [0.15, 0.2) is 24.3 Å². The van der Waals surface area contributed by atoms with Gasteiger partial charge in [-0.05, 0) is 31.0 Å². The van der Waals surface area contributed by atoms with Gasteiger partial charge in [0.15, 0.2) is 0 Å². The van der Waals surface area contributed by atoms with Gasteiger partial charge in [-0.2, -0.15) is 0 Å². The van der Waals surface area contributed by atoms with Crippen LogP contribution >= 0.6 is 11.6 Å². The molecule has 0 unspecified atom stereocenters. The lowest BCUT2D eigenvalue weighted by Gasteiger charge is -2.21. The second kappa shape index (κ2) is 7.26. The van der Waals surface area contributed by atoms with E-state index in [1.165, 1.54) is 0 Å². The van der Waals surface area contributed by atoms with E-state index >= 15 is 0 Å². The van der Waals surface area contributed by atoms with Crippen LogP contribution in [0.2, 0.25) is 5.02 Å². The molecule has 0 saturated carbocycles. The molecule has 2 amide bonds. The summed E-state index contributed by atoms with van der Waals surface area (Å²) in [6, 6.07) is 6.87. The van der Waals surface area contributed by atoms with Crippen LogP contribution in [0.1, 0.15) is 12.8 Å². The van der Waals surface area contributed by atoms with Crippen LogP contribution in [-0.2, 0) is 14.3 Å². The number of rotatable bonds is 4. The summed E-state index contributed by atoms with van der Waals surface area (Å²) in [4.78, 5) is 23.6. The summed E-state index contributed by atoms with van der Waals surface area (Å²) in [5.74, 6) is -0.412. The molecule has 1 saturated heterocycles. The van der Waals surface area contributed by atoms with E-state index in [1.54, 1.807) is 24.3 Å². The van der Waals surface area contributed by atoms with Gasteiger partial charge in [-0.25, -0.2) is 0 Å². The second-order valence-corrected chi connectivity index (χ2v) is 5.10. The number of anilines is 1. The molecule has 5 nitrogen and oxygen atoms in total. The van der Waals surface area contributed by atoms with E-state index in [-0.39, 0.29) is 24.3 Å². The van der Waals surface area contributed by atoms with Crippen LogP contribution in [0.25, 0.3) is 0 Å². The number of hydrogen-bond donors (Lipinski definition) is 2. The maximum atomic E-state index is 11.8. The summed E-state index contributed by atoms with van der Waals surface area (Å²) in [7, 11) is 0. The van der Waals surface area contributed by atoms with Crippen LogP contribution in [0, 0.1) is 5.92 Å². The molecule has 6 heteroatoms. The number of ether oxygens (including phenoxy) is 1. The van der Waals surface area contributed by atoms with Gasteiger partial charge in [0.2, 0.25) is 11.8 Å². The SMILES string of the molecule is O=C(CNC(=O)C1CCOCC1)Nc1cccc(Cl)c1. The topological polar surface area (TPSA) is 67.4 Å². The summed E-state index contributed by atoms with van der Waals surface area (Å²) in [6.45, 7) is 1.17. The molecule has 1 aliphatic rings. The highest BCUT2D eigenvalue weighted by Crippen LogP contribution is 2.15. The standard InChI is InChI=1S/C14H17ClN2O3/c15-11-2-1-3-12(8-11)17-13(18)9-16-14(19)10-4-6-20-7-5-10/h1-3,8,10H,4-7,9H2,(H,16,19)(H,17,18). The van der Waals surface area contributed by atoms with Crippen molar-refractivity contribution in [2.75, 3.05) is 25.1 Å². The summed E-state index contributed by atoms with van der Waals surface area (Å²) < 4.78 is 5.19. The Hall–Kier alpha value is -1.59. The van der Waals surface area contributed by atoms with E-state index in [2.05, 4.69) is 10.6 Å². The van der Waals surface area contributed by atoms with Gasteiger partial charge in [0.1, 0.15) is 0 Å². The van der Waals surface area contributed by atoms with Crippen molar-refractivity contribution >= 4 is 29.1 Å². The fourth-order valence-corrected chi connectivity index (χ4v) is 2.23. The smallest absolute Gasteiger partial charge is 0.243 e. The minimum absolute atomic E-state index is 0.0390. The molecule has 1 fully saturated rings. The number of amides is 2. The third kappa shape index (κ3) is 4.51. The maximum absolute atomic E-state index is 11.8. The quantitative estimate of drug-likeness (QED) is 0.890. The van der Waals surface area contributed by atoms with Gasteiger partial charge >= 0.3 is 0 Å². The summed E-state index contributed by atoms with van der Waals surface area (Å²) in [5.41, 5.74) is 0.614. The molecular formula is C14H17ClN2O3. The Morgan fingerprint density at radius 3 is 2.75 bits per heavy atom. The minimum atomic E-state index is -0.271. The Balaban J connectivity index is 1.75. The van der Waals surface area contributed by atoms with Crippen molar-refractivity contribution < 1.29 is 14.3 Å². The maximum Gasteiger partial charge on any atom is 0.243 e.